The number of hydrogen-bond donors (Lipinski definition) is 2. The van der Waals surface area contributed by atoms with Crippen LogP contribution in [0, 0.1) is 40.4 Å². The summed E-state index contributed by atoms with van der Waals surface area (Å²) in [6.07, 6.45) is 8.78. The maximum absolute atomic E-state index is 12.2. The molecule has 0 heterocycles. The summed E-state index contributed by atoms with van der Waals surface area (Å²) in [4.78, 5) is 12.2. The average molecular weight is 334 g/mol. The monoisotopic (exact) mass is 333 g/mol. The van der Waals surface area contributed by atoms with Crippen LogP contribution in [0.2, 0.25) is 0 Å². The van der Waals surface area contributed by atoms with Gasteiger partial charge in [-0.25, -0.2) is 0 Å². The van der Waals surface area contributed by atoms with Crippen molar-refractivity contribution in [1.82, 2.24) is 0 Å². The summed E-state index contributed by atoms with van der Waals surface area (Å²) in [6, 6.07) is 0.222. The maximum Gasteiger partial charge on any atom is 0.133 e. The van der Waals surface area contributed by atoms with Crippen LogP contribution < -0.4 is 5.73 Å². The van der Waals surface area contributed by atoms with Crippen LogP contribution in [0.1, 0.15) is 72.1 Å². The number of fused-ring (bicyclic) bond motifs is 5. The van der Waals surface area contributed by atoms with E-state index in [1.807, 2.05) is 0 Å². The number of hydrogen-bond acceptors (Lipinski definition) is 3. The highest BCUT2D eigenvalue weighted by Crippen LogP contribution is 2.67. The number of aliphatic hydroxyl groups is 1. The van der Waals surface area contributed by atoms with E-state index in [0.717, 1.165) is 32.1 Å². The predicted octanol–water partition coefficient (Wildman–Crippen LogP) is 3.53. The minimum Gasteiger partial charge on any atom is -0.393 e. The van der Waals surface area contributed by atoms with E-state index in [-0.39, 0.29) is 23.5 Å². The molecule has 24 heavy (non-hydrogen) atoms. The topological polar surface area (TPSA) is 63.3 Å². The maximum atomic E-state index is 12.2. The smallest absolute Gasteiger partial charge is 0.133 e. The molecule has 4 fully saturated rings. The molecular weight excluding hydrogens is 298 g/mol. The summed E-state index contributed by atoms with van der Waals surface area (Å²) >= 11 is 0. The molecule has 0 saturated heterocycles. The van der Waals surface area contributed by atoms with Gasteiger partial charge in [0.05, 0.1) is 6.10 Å². The first-order chi connectivity index (χ1) is 11.3. The second-order valence-corrected chi connectivity index (χ2v) is 10.1. The summed E-state index contributed by atoms with van der Waals surface area (Å²) < 4.78 is 0. The molecule has 3 heteroatoms. The molecule has 3 N–H and O–H groups in total. The molecule has 0 aliphatic heterocycles. The lowest BCUT2D eigenvalue weighted by atomic mass is 9.43. The first kappa shape index (κ1) is 17.0. The van der Waals surface area contributed by atoms with E-state index >= 15 is 0 Å². The molecular formula is C21H35NO2. The Bertz CT molecular complexity index is 534. The van der Waals surface area contributed by atoms with Gasteiger partial charge in [-0.05, 0) is 92.8 Å². The standard InChI is InChI=1S/C21H35NO2/c1-12(23)16-6-7-17-15-5-4-13-10-14(24)8-9-20(13,2)19(15)18(22)11-21(16,17)3/h13-19,24H,4-11,22H2,1-3H3/t13-,14-,15-,16+,17-,18+,19+,20-,21+/m0/s1. The molecule has 0 unspecified atom stereocenters. The van der Waals surface area contributed by atoms with Crippen molar-refractivity contribution >= 4 is 5.78 Å². The molecule has 3 nitrogen and oxygen atoms in total. The van der Waals surface area contributed by atoms with Crippen LogP contribution >= 0.6 is 0 Å². The van der Waals surface area contributed by atoms with Gasteiger partial charge in [0.25, 0.3) is 0 Å². The Morgan fingerprint density at radius 1 is 1.08 bits per heavy atom. The van der Waals surface area contributed by atoms with E-state index in [1.54, 1.807) is 6.92 Å². The van der Waals surface area contributed by atoms with Gasteiger partial charge in [-0.2, -0.15) is 0 Å². The number of carbonyl (C=O) groups excluding carboxylic acids is 1. The van der Waals surface area contributed by atoms with E-state index in [4.69, 9.17) is 5.73 Å². The van der Waals surface area contributed by atoms with Crippen LogP contribution in [0.25, 0.3) is 0 Å². The van der Waals surface area contributed by atoms with Crippen LogP contribution in [-0.4, -0.2) is 23.0 Å². The molecule has 0 amide bonds. The molecule has 0 spiro atoms. The zero-order valence-corrected chi connectivity index (χ0v) is 15.6. The van der Waals surface area contributed by atoms with E-state index < -0.39 is 0 Å². The molecule has 4 aliphatic carbocycles. The van der Waals surface area contributed by atoms with Gasteiger partial charge in [-0.3, -0.25) is 4.79 Å². The van der Waals surface area contributed by atoms with Crippen LogP contribution in [0.5, 0.6) is 0 Å². The van der Waals surface area contributed by atoms with Crippen LogP contribution in [0.15, 0.2) is 0 Å². The summed E-state index contributed by atoms with van der Waals surface area (Å²) in [5.74, 6) is 3.22. The number of Topliss-reactive ketones (excluding diaryl/α,β-unsaturated/α-hetero) is 1. The van der Waals surface area contributed by atoms with Gasteiger partial charge in [-0.1, -0.05) is 13.8 Å². The van der Waals surface area contributed by atoms with Gasteiger partial charge < -0.3 is 10.8 Å². The lowest BCUT2D eigenvalue weighted by Crippen LogP contribution is -2.61. The minimum absolute atomic E-state index is 0.0988. The molecule has 9 atom stereocenters. The Labute approximate surface area is 146 Å². The average Bonchev–Trinajstić information content (AvgIpc) is 2.84. The molecule has 4 rings (SSSR count). The zero-order valence-electron chi connectivity index (χ0n) is 15.6. The van der Waals surface area contributed by atoms with Gasteiger partial charge in [0.1, 0.15) is 5.78 Å². The van der Waals surface area contributed by atoms with E-state index in [1.165, 1.54) is 19.3 Å². The normalized spacial score (nSPS) is 57.0. The second kappa shape index (κ2) is 5.54. The lowest BCUT2D eigenvalue weighted by Gasteiger charge is -2.62. The molecule has 0 bridgehead atoms. The first-order valence-corrected chi connectivity index (χ1v) is 10.2. The van der Waals surface area contributed by atoms with Crippen molar-refractivity contribution in [2.75, 3.05) is 0 Å². The van der Waals surface area contributed by atoms with E-state index in [2.05, 4.69) is 13.8 Å². The van der Waals surface area contributed by atoms with Crippen molar-refractivity contribution in [2.24, 2.45) is 46.2 Å². The molecule has 0 aromatic heterocycles. The van der Waals surface area contributed by atoms with E-state index in [9.17, 15) is 9.90 Å². The van der Waals surface area contributed by atoms with Gasteiger partial charge in [0.2, 0.25) is 0 Å². The summed E-state index contributed by atoms with van der Waals surface area (Å²) in [5.41, 5.74) is 7.28. The van der Waals surface area contributed by atoms with Crippen molar-refractivity contribution in [1.29, 1.82) is 0 Å². The highest BCUT2D eigenvalue weighted by molar-refractivity contribution is 5.79. The van der Waals surface area contributed by atoms with Crippen molar-refractivity contribution < 1.29 is 9.90 Å². The fraction of sp³-hybridized carbons (Fsp3) is 0.952. The molecule has 4 aliphatic rings. The quantitative estimate of drug-likeness (QED) is 0.771. The number of carbonyl (C=O) groups is 1. The minimum atomic E-state index is -0.0988. The van der Waals surface area contributed by atoms with Gasteiger partial charge in [-0.15, -0.1) is 0 Å². The fourth-order valence-electron chi connectivity index (χ4n) is 8.17. The Morgan fingerprint density at radius 2 is 1.83 bits per heavy atom. The number of nitrogens with two attached hydrogens (primary N) is 1. The first-order valence-electron chi connectivity index (χ1n) is 10.2. The second-order valence-electron chi connectivity index (χ2n) is 10.1. The van der Waals surface area contributed by atoms with Crippen molar-refractivity contribution in [2.45, 2.75) is 84.3 Å². The summed E-state index contributed by atoms with van der Waals surface area (Å²) in [5, 5.41) is 10.1. The Morgan fingerprint density at radius 3 is 2.54 bits per heavy atom. The third-order valence-corrected chi connectivity index (χ3v) is 9.13. The predicted molar refractivity (Wildman–Crippen MR) is 95.3 cm³/mol. The molecule has 136 valence electrons. The molecule has 4 saturated carbocycles. The number of rotatable bonds is 1. The molecule has 0 aromatic carbocycles. The Hall–Kier alpha value is -0.410. The highest BCUT2D eigenvalue weighted by Gasteiger charge is 2.63. The molecule has 0 radical (unpaired) electrons. The van der Waals surface area contributed by atoms with Crippen LogP contribution in [0.4, 0.5) is 0 Å². The van der Waals surface area contributed by atoms with Crippen LogP contribution in [0.3, 0.4) is 0 Å². The SMILES string of the molecule is CC(=O)[C@H]1CC[C@H]2[C@@H]3CC[C@H]4C[C@@H](O)CC[C@]4(C)[C@H]3[C@H](N)C[C@]12C. The number of aliphatic hydroxyl groups excluding tert-OH is 1. The molecule has 0 aromatic rings. The van der Waals surface area contributed by atoms with Crippen LogP contribution in [-0.2, 0) is 4.79 Å². The third kappa shape index (κ3) is 2.19. The van der Waals surface area contributed by atoms with Crippen molar-refractivity contribution in [3.63, 3.8) is 0 Å². The Kier molecular flexibility index (Phi) is 3.93. The zero-order chi connectivity index (χ0) is 17.3. The van der Waals surface area contributed by atoms with Gasteiger partial charge >= 0.3 is 0 Å². The Balaban J connectivity index is 1.67. The van der Waals surface area contributed by atoms with Gasteiger partial charge in [0, 0.05) is 12.0 Å². The third-order valence-electron chi connectivity index (χ3n) is 9.13. The van der Waals surface area contributed by atoms with Crippen molar-refractivity contribution in [3.05, 3.63) is 0 Å². The largest absolute Gasteiger partial charge is 0.393 e. The van der Waals surface area contributed by atoms with Crippen molar-refractivity contribution in [3.8, 4) is 0 Å². The van der Waals surface area contributed by atoms with E-state index in [0.29, 0.717) is 34.9 Å². The highest BCUT2D eigenvalue weighted by atomic mass is 16.3. The summed E-state index contributed by atoms with van der Waals surface area (Å²) in [7, 11) is 0. The fourth-order valence-corrected chi connectivity index (χ4v) is 8.17. The summed E-state index contributed by atoms with van der Waals surface area (Å²) in [6.45, 7) is 6.63. The lowest BCUT2D eigenvalue weighted by molar-refractivity contribution is -0.143. The van der Waals surface area contributed by atoms with Gasteiger partial charge in [0.15, 0.2) is 0 Å². The number of ketones is 1.